The smallest absolute Gasteiger partial charge is 0.387 e. The molecule has 0 aliphatic carbocycles. The van der Waals surface area contributed by atoms with Crippen molar-refractivity contribution < 1.29 is 18.6 Å². The van der Waals surface area contributed by atoms with Crippen molar-refractivity contribution >= 4 is 11.6 Å². The van der Waals surface area contributed by atoms with Gasteiger partial charge in [0.15, 0.2) is 0 Å². The summed E-state index contributed by atoms with van der Waals surface area (Å²) in [7, 11) is 0. The second kappa shape index (κ2) is 7.76. The second-order valence-corrected chi connectivity index (χ2v) is 5.29. The van der Waals surface area contributed by atoms with Gasteiger partial charge < -0.3 is 15.2 Å². The number of nitrogens with one attached hydrogen (secondary N) is 1. The summed E-state index contributed by atoms with van der Waals surface area (Å²) in [5.41, 5.74) is 0.702. The third-order valence-corrected chi connectivity index (χ3v) is 3.67. The van der Waals surface area contributed by atoms with E-state index in [0.29, 0.717) is 13.0 Å². The van der Waals surface area contributed by atoms with Crippen LogP contribution in [-0.2, 0) is 6.54 Å². The van der Waals surface area contributed by atoms with Crippen molar-refractivity contribution in [3.8, 4) is 5.75 Å². The number of halogens is 3. The molecule has 1 aromatic rings. The Labute approximate surface area is 122 Å². The van der Waals surface area contributed by atoms with Crippen molar-refractivity contribution in [3.05, 3.63) is 28.8 Å². The first kappa shape index (κ1) is 17.1. The molecule has 114 valence electrons. The minimum atomic E-state index is -2.88. The molecule has 0 heterocycles. The number of aliphatic hydroxyl groups is 1. The predicted octanol–water partition coefficient (Wildman–Crippen LogP) is 3.58. The molecule has 1 unspecified atom stereocenters. The number of benzene rings is 1. The van der Waals surface area contributed by atoms with Gasteiger partial charge in [0.1, 0.15) is 5.75 Å². The van der Waals surface area contributed by atoms with Crippen LogP contribution in [0.15, 0.2) is 18.2 Å². The monoisotopic (exact) mass is 307 g/mol. The fourth-order valence-electron chi connectivity index (χ4n) is 1.80. The maximum Gasteiger partial charge on any atom is 0.387 e. The normalized spacial score (nSPS) is 14.3. The Kier molecular flexibility index (Phi) is 6.65. The van der Waals surface area contributed by atoms with Gasteiger partial charge in [-0.1, -0.05) is 24.6 Å². The molecule has 0 saturated carbocycles. The minimum Gasteiger partial charge on any atom is -0.433 e. The molecule has 0 aliphatic rings. The van der Waals surface area contributed by atoms with E-state index in [1.807, 2.05) is 13.8 Å². The van der Waals surface area contributed by atoms with E-state index in [1.165, 1.54) is 6.07 Å². The van der Waals surface area contributed by atoms with Gasteiger partial charge in [-0.25, -0.2) is 0 Å². The van der Waals surface area contributed by atoms with Crippen molar-refractivity contribution in [2.45, 2.75) is 45.4 Å². The van der Waals surface area contributed by atoms with Crippen molar-refractivity contribution in [2.24, 2.45) is 0 Å². The van der Waals surface area contributed by atoms with Crippen LogP contribution in [-0.4, -0.2) is 23.9 Å². The maximum atomic E-state index is 12.1. The molecule has 0 aromatic heterocycles. The summed E-state index contributed by atoms with van der Waals surface area (Å²) in [6.07, 6.45) is 1.51. The van der Waals surface area contributed by atoms with Gasteiger partial charge in [0, 0.05) is 18.7 Å². The highest BCUT2D eigenvalue weighted by Crippen LogP contribution is 2.27. The zero-order valence-electron chi connectivity index (χ0n) is 11.6. The first-order valence-corrected chi connectivity index (χ1v) is 6.87. The Balaban J connectivity index is 2.67. The standard InChI is InChI=1S/C14H20ClF2NO2/c1-3-14(2,6-7-19)18-9-10-4-5-12(11(15)8-10)20-13(16)17/h4-5,8,13,18-19H,3,6-7,9H2,1-2H3. The SMILES string of the molecule is CCC(C)(CCO)NCc1ccc(OC(F)F)c(Cl)c1. The van der Waals surface area contributed by atoms with Crippen LogP contribution < -0.4 is 10.1 Å². The van der Waals surface area contributed by atoms with Crippen LogP contribution in [0.25, 0.3) is 0 Å². The summed E-state index contributed by atoms with van der Waals surface area (Å²) in [5.74, 6) is -0.0287. The average Bonchev–Trinajstić information content (AvgIpc) is 2.39. The molecule has 1 aromatic carbocycles. The zero-order valence-corrected chi connectivity index (χ0v) is 12.4. The maximum absolute atomic E-state index is 12.1. The van der Waals surface area contributed by atoms with Gasteiger partial charge >= 0.3 is 6.61 Å². The number of hydrogen-bond acceptors (Lipinski definition) is 3. The lowest BCUT2D eigenvalue weighted by atomic mass is 9.94. The first-order valence-electron chi connectivity index (χ1n) is 6.49. The number of ether oxygens (including phenoxy) is 1. The molecule has 3 nitrogen and oxygen atoms in total. The summed E-state index contributed by atoms with van der Waals surface area (Å²) in [4.78, 5) is 0. The van der Waals surface area contributed by atoms with Crippen LogP contribution in [0.5, 0.6) is 5.75 Å². The highest BCUT2D eigenvalue weighted by atomic mass is 35.5. The van der Waals surface area contributed by atoms with E-state index in [0.717, 1.165) is 12.0 Å². The van der Waals surface area contributed by atoms with Crippen molar-refractivity contribution in [1.82, 2.24) is 5.32 Å². The Morgan fingerprint density at radius 3 is 2.65 bits per heavy atom. The Bertz CT molecular complexity index is 432. The highest BCUT2D eigenvalue weighted by Gasteiger charge is 2.20. The van der Waals surface area contributed by atoms with E-state index in [9.17, 15) is 8.78 Å². The van der Waals surface area contributed by atoms with Crippen LogP contribution in [0, 0.1) is 0 Å². The molecule has 0 bridgehead atoms. The van der Waals surface area contributed by atoms with Gasteiger partial charge in [-0.15, -0.1) is 0 Å². The Morgan fingerprint density at radius 1 is 1.45 bits per heavy atom. The largest absolute Gasteiger partial charge is 0.433 e. The van der Waals surface area contributed by atoms with E-state index in [2.05, 4.69) is 10.1 Å². The third kappa shape index (κ3) is 5.23. The molecule has 1 rings (SSSR count). The van der Waals surface area contributed by atoms with Crippen molar-refractivity contribution in [3.63, 3.8) is 0 Å². The summed E-state index contributed by atoms with van der Waals surface area (Å²) in [6.45, 7) is 1.83. The van der Waals surface area contributed by atoms with Gasteiger partial charge in [-0.3, -0.25) is 0 Å². The van der Waals surface area contributed by atoms with E-state index >= 15 is 0 Å². The topological polar surface area (TPSA) is 41.5 Å². The van der Waals surface area contributed by atoms with E-state index < -0.39 is 6.61 Å². The quantitative estimate of drug-likeness (QED) is 0.771. The molecule has 6 heteroatoms. The van der Waals surface area contributed by atoms with Gasteiger partial charge in [-0.2, -0.15) is 8.78 Å². The van der Waals surface area contributed by atoms with Crippen LogP contribution in [0.4, 0.5) is 8.78 Å². The summed E-state index contributed by atoms with van der Waals surface area (Å²) in [6, 6.07) is 4.72. The van der Waals surface area contributed by atoms with E-state index in [4.69, 9.17) is 16.7 Å². The number of rotatable bonds is 8. The molecular weight excluding hydrogens is 288 g/mol. The minimum absolute atomic E-state index is 0.0287. The van der Waals surface area contributed by atoms with E-state index in [-0.39, 0.29) is 22.9 Å². The third-order valence-electron chi connectivity index (χ3n) is 3.38. The number of hydrogen-bond donors (Lipinski definition) is 2. The second-order valence-electron chi connectivity index (χ2n) is 4.88. The van der Waals surface area contributed by atoms with Crippen LogP contribution in [0.2, 0.25) is 5.02 Å². The van der Waals surface area contributed by atoms with Gasteiger partial charge in [-0.05, 0) is 37.5 Å². The number of alkyl halides is 2. The van der Waals surface area contributed by atoms with E-state index in [1.54, 1.807) is 12.1 Å². The zero-order chi connectivity index (χ0) is 15.2. The molecule has 20 heavy (non-hydrogen) atoms. The molecule has 2 N–H and O–H groups in total. The predicted molar refractivity (Wildman–Crippen MR) is 75.3 cm³/mol. The summed E-state index contributed by atoms with van der Waals surface area (Å²) in [5, 5.41) is 12.5. The van der Waals surface area contributed by atoms with Crippen LogP contribution in [0.3, 0.4) is 0 Å². The van der Waals surface area contributed by atoms with Crippen molar-refractivity contribution in [1.29, 1.82) is 0 Å². The fraction of sp³-hybridized carbons (Fsp3) is 0.571. The van der Waals surface area contributed by atoms with Crippen LogP contribution >= 0.6 is 11.6 Å². The lowest BCUT2D eigenvalue weighted by Crippen LogP contribution is -2.42. The molecule has 0 fully saturated rings. The Hall–Kier alpha value is -0.910. The lowest BCUT2D eigenvalue weighted by molar-refractivity contribution is -0.0497. The van der Waals surface area contributed by atoms with Crippen LogP contribution in [0.1, 0.15) is 32.3 Å². The molecule has 0 amide bonds. The van der Waals surface area contributed by atoms with Gasteiger partial charge in [0.25, 0.3) is 0 Å². The highest BCUT2D eigenvalue weighted by molar-refractivity contribution is 6.32. The Morgan fingerprint density at radius 2 is 2.15 bits per heavy atom. The summed E-state index contributed by atoms with van der Waals surface area (Å²) < 4.78 is 28.5. The van der Waals surface area contributed by atoms with Gasteiger partial charge in [0.05, 0.1) is 5.02 Å². The molecule has 1 atom stereocenters. The fourth-order valence-corrected chi connectivity index (χ4v) is 2.05. The number of aliphatic hydroxyl groups excluding tert-OH is 1. The molecule has 0 saturated heterocycles. The van der Waals surface area contributed by atoms with Crippen molar-refractivity contribution in [2.75, 3.05) is 6.61 Å². The summed E-state index contributed by atoms with van der Waals surface area (Å²) >= 11 is 5.89. The first-order chi connectivity index (χ1) is 9.40. The molecule has 0 spiro atoms. The molecule has 0 aliphatic heterocycles. The molecule has 0 radical (unpaired) electrons. The lowest BCUT2D eigenvalue weighted by Gasteiger charge is -2.29. The van der Waals surface area contributed by atoms with Gasteiger partial charge in [0.2, 0.25) is 0 Å². The average molecular weight is 308 g/mol. The molecular formula is C14H20ClF2NO2.